The molecule has 194 valence electrons. The number of hydrogen-bond donors (Lipinski definition) is 4. The highest BCUT2D eigenvalue weighted by Gasteiger charge is 2.15. The van der Waals surface area contributed by atoms with Crippen LogP contribution in [0.25, 0.3) is 6.08 Å². The molecule has 0 saturated heterocycles. The van der Waals surface area contributed by atoms with Gasteiger partial charge in [0.25, 0.3) is 17.3 Å². The van der Waals surface area contributed by atoms with Crippen LogP contribution in [0.4, 0.5) is 16.5 Å². The van der Waals surface area contributed by atoms with Crippen LogP contribution in [0.5, 0.6) is 0 Å². The van der Waals surface area contributed by atoms with E-state index in [0.29, 0.717) is 27.0 Å². The molecule has 3 rings (SSSR count). The molecule has 16 heteroatoms. The summed E-state index contributed by atoms with van der Waals surface area (Å²) in [5.41, 5.74) is 9.74. The second-order valence-electron chi connectivity index (χ2n) is 7.30. The molecule has 1 heterocycles. The Hall–Kier alpha value is -4.67. The van der Waals surface area contributed by atoms with Crippen molar-refractivity contribution in [1.82, 2.24) is 15.7 Å². The lowest BCUT2D eigenvalue weighted by atomic mass is 10.1. The number of amides is 1. The van der Waals surface area contributed by atoms with Gasteiger partial charge in [0.2, 0.25) is 0 Å². The topological polar surface area (TPSA) is 191 Å². The van der Waals surface area contributed by atoms with Gasteiger partial charge in [-0.3, -0.25) is 35.8 Å². The number of non-ortho nitro benzene ring substituents is 2. The van der Waals surface area contributed by atoms with Crippen LogP contribution in [0.15, 0.2) is 59.7 Å². The second-order valence-corrected chi connectivity index (χ2v) is 9.15. The first kappa shape index (κ1) is 27.9. The number of nitro groups is 2. The van der Waals surface area contributed by atoms with E-state index in [1.807, 2.05) is 0 Å². The summed E-state index contributed by atoms with van der Waals surface area (Å²) in [4.78, 5) is 38.0. The zero-order valence-electron chi connectivity index (χ0n) is 19.4. The molecule has 0 unspecified atom stereocenters. The SMILES string of the molecule is Cc1nc(NC(=S)NC(=O)c2ccc([N+](=O)[O-])cc2)sc1C(/C=C/c1ccc([N+](=O)[O-])cc1)=N\NC(N)=S. The van der Waals surface area contributed by atoms with Crippen molar-refractivity contribution in [3.05, 3.63) is 96.5 Å². The minimum absolute atomic E-state index is 0.0307. The summed E-state index contributed by atoms with van der Waals surface area (Å²) >= 11 is 11.2. The Morgan fingerprint density at radius 1 is 1.05 bits per heavy atom. The molecule has 0 spiro atoms. The van der Waals surface area contributed by atoms with Crippen LogP contribution in [0.3, 0.4) is 0 Å². The van der Waals surface area contributed by atoms with Crippen LogP contribution in [-0.4, -0.2) is 36.7 Å². The lowest BCUT2D eigenvalue weighted by Crippen LogP contribution is -2.34. The number of nitrogens with one attached hydrogen (secondary N) is 3. The highest BCUT2D eigenvalue weighted by Crippen LogP contribution is 2.24. The van der Waals surface area contributed by atoms with Gasteiger partial charge in [0, 0.05) is 29.8 Å². The predicted molar refractivity (Wildman–Crippen MR) is 152 cm³/mol. The third-order valence-electron chi connectivity index (χ3n) is 4.64. The molecule has 0 bridgehead atoms. The summed E-state index contributed by atoms with van der Waals surface area (Å²) in [7, 11) is 0. The van der Waals surface area contributed by atoms with E-state index < -0.39 is 15.8 Å². The molecule has 0 aliphatic rings. The number of nitrogens with two attached hydrogens (primary N) is 1. The normalized spacial score (nSPS) is 11.1. The molecular weight excluding hydrogens is 552 g/mol. The minimum Gasteiger partial charge on any atom is -0.375 e. The molecule has 5 N–H and O–H groups in total. The lowest BCUT2D eigenvalue weighted by Gasteiger charge is -2.07. The number of anilines is 1. The van der Waals surface area contributed by atoms with Crippen molar-refractivity contribution in [2.24, 2.45) is 10.8 Å². The van der Waals surface area contributed by atoms with Gasteiger partial charge in [-0.15, -0.1) is 0 Å². The fraction of sp³-hybridized carbons (Fsp3) is 0.0455. The molecule has 13 nitrogen and oxygen atoms in total. The summed E-state index contributed by atoms with van der Waals surface area (Å²) < 4.78 is 0. The van der Waals surface area contributed by atoms with Gasteiger partial charge < -0.3 is 11.1 Å². The van der Waals surface area contributed by atoms with Crippen LogP contribution >= 0.6 is 35.8 Å². The Morgan fingerprint density at radius 2 is 1.63 bits per heavy atom. The Kier molecular flexibility index (Phi) is 9.20. The van der Waals surface area contributed by atoms with Crippen molar-refractivity contribution in [3.8, 4) is 0 Å². The zero-order valence-corrected chi connectivity index (χ0v) is 21.9. The van der Waals surface area contributed by atoms with Crippen LogP contribution in [0, 0.1) is 27.2 Å². The van der Waals surface area contributed by atoms with Gasteiger partial charge in [0.1, 0.15) is 5.71 Å². The van der Waals surface area contributed by atoms with Gasteiger partial charge in [0.05, 0.1) is 20.4 Å². The molecule has 38 heavy (non-hydrogen) atoms. The first-order valence-electron chi connectivity index (χ1n) is 10.4. The van der Waals surface area contributed by atoms with E-state index in [-0.39, 0.29) is 27.2 Å². The molecule has 0 radical (unpaired) electrons. The summed E-state index contributed by atoms with van der Waals surface area (Å²) in [6.07, 6.45) is 3.36. The number of thiocarbonyl (C=S) groups is 2. The second kappa shape index (κ2) is 12.5. The third kappa shape index (κ3) is 7.66. The minimum atomic E-state index is -0.564. The number of thiazole rings is 1. The summed E-state index contributed by atoms with van der Waals surface area (Å²) in [5, 5.41) is 31.4. The Labute approximate surface area is 229 Å². The van der Waals surface area contributed by atoms with E-state index in [2.05, 4.69) is 26.1 Å². The van der Waals surface area contributed by atoms with Gasteiger partial charge in [-0.2, -0.15) is 5.10 Å². The summed E-state index contributed by atoms with van der Waals surface area (Å²) in [6.45, 7) is 1.74. The highest BCUT2D eigenvalue weighted by atomic mass is 32.1. The van der Waals surface area contributed by atoms with E-state index in [1.165, 1.54) is 47.7 Å². The third-order valence-corrected chi connectivity index (χ3v) is 6.03. The number of benzene rings is 2. The van der Waals surface area contributed by atoms with Crippen LogP contribution < -0.4 is 21.8 Å². The van der Waals surface area contributed by atoms with Crippen molar-refractivity contribution in [2.45, 2.75) is 6.92 Å². The number of carbonyl (C=O) groups is 1. The average Bonchev–Trinajstić information content (AvgIpc) is 3.23. The van der Waals surface area contributed by atoms with E-state index in [9.17, 15) is 25.0 Å². The molecule has 0 aliphatic carbocycles. The Morgan fingerprint density at radius 3 is 2.18 bits per heavy atom. The molecule has 3 aromatic rings. The summed E-state index contributed by atoms with van der Waals surface area (Å²) in [6, 6.07) is 11.0. The molecule has 0 aliphatic heterocycles. The number of nitrogens with zero attached hydrogens (tertiary/aromatic N) is 4. The summed E-state index contributed by atoms with van der Waals surface area (Å²) in [5.74, 6) is -0.556. The van der Waals surface area contributed by atoms with E-state index in [1.54, 1.807) is 31.2 Å². The zero-order chi connectivity index (χ0) is 27.8. The maximum atomic E-state index is 12.4. The van der Waals surface area contributed by atoms with Gasteiger partial charge in [0.15, 0.2) is 15.4 Å². The molecule has 2 aromatic carbocycles. The highest BCUT2D eigenvalue weighted by molar-refractivity contribution is 7.80. The number of hydrazone groups is 1. The maximum Gasteiger partial charge on any atom is 0.269 e. The van der Waals surface area contributed by atoms with Crippen LogP contribution in [-0.2, 0) is 0 Å². The molecule has 0 fully saturated rings. The van der Waals surface area contributed by atoms with Crippen LogP contribution in [0.2, 0.25) is 0 Å². The predicted octanol–water partition coefficient (Wildman–Crippen LogP) is 3.65. The van der Waals surface area contributed by atoms with Crippen molar-refractivity contribution in [1.29, 1.82) is 0 Å². The average molecular weight is 571 g/mol. The van der Waals surface area contributed by atoms with Crippen molar-refractivity contribution < 1.29 is 14.6 Å². The molecule has 0 saturated carbocycles. The first-order valence-corrected chi connectivity index (χ1v) is 12.1. The van der Waals surface area contributed by atoms with Crippen molar-refractivity contribution in [2.75, 3.05) is 5.32 Å². The molecule has 1 amide bonds. The smallest absolute Gasteiger partial charge is 0.269 e. The quantitative estimate of drug-likeness (QED) is 0.134. The molecular formula is C22H18N8O5S3. The number of hydrogen-bond acceptors (Lipinski definition) is 10. The number of allylic oxidation sites excluding steroid dienone is 1. The van der Waals surface area contributed by atoms with E-state index in [0.717, 1.165) is 0 Å². The number of aromatic nitrogens is 1. The van der Waals surface area contributed by atoms with E-state index >= 15 is 0 Å². The van der Waals surface area contributed by atoms with Crippen LogP contribution in [0.1, 0.15) is 26.5 Å². The number of carbonyl (C=O) groups excluding carboxylic acids is 1. The van der Waals surface area contributed by atoms with E-state index in [4.69, 9.17) is 30.2 Å². The fourth-order valence-corrected chi connectivity index (χ4v) is 4.13. The fourth-order valence-electron chi connectivity index (χ4n) is 2.89. The molecule has 1 aromatic heterocycles. The van der Waals surface area contributed by atoms with Gasteiger partial charge in [-0.05, 0) is 67.3 Å². The maximum absolute atomic E-state index is 12.4. The first-order chi connectivity index (χ1) is 18.0. The van der Waals surface area contributed by atoms with Gasteiger partial charge >= 0.3 is 0 Å². The van der Waals surface area contributed by atoms with Gasteiger partial charge in [-0.1, -0.05) is 17.4 Å². The number of aryl methyl sites for hydroxylation is 1. The lowest BCUT2D eigenvalue weighted by molar-refractivity contribution is -0.385. The Balaban J connectivity index is 1.75. The largest absolute Gasteiger partial charge is 0.375 e. The standard InChI is InChI=1S/C22H18N8O5S3/c1-12-18(17(27-28-20(23)36)11-4-13-2-7-15(8-3-13)29(32)33)38-22(24-12)26-21(37)25-19(31)14-5-9-16(10-6-14)30(34)35/h2-11H,1H3,(H3,23,28,36)(H2,24,25,26,31,37)/b11-4+,27-17-. The Bertz CT molecular complexity index is 1470. The number of nitro benzene ring substituents is 2. The number of rotatable bonds is 8. The monoisotopic (exact) mass is 570 g/mol. The molecule has 0 atom stereocenters. The van der Waals surface area contributed by atoms with Gasteiger partial charge in [-0.25, -0.2) is 4.98 Å². The van der Waals surface area contributed by atoms with Crippen molar-refractivity contribution in [3.63, 3.8) is 0 Å². The van der Waals surface area contributed by atoms with Crippen molar-refractivity contribution >= 4 is 80.2 Å².